The maximum Gasteiger partial charge on any atom is 0.394 e. The number of carbonyl (C=O) groups is 2. The zero-order valence-corrected chi connectivity index (χ0v) is 12.1. The second kappa shape index (κ2) is 6.23. The third kappa shape index (κ3) is 3.48. The highest BCUT2D eigenvalue weighted by atomic mass is 32.1. The molecule has 0 atom stereocenters. The van der Waals surface area contributed by atoms with Gasteiger partial charge >= 0.3 is 11.9 Å². The SMILES string of the molecule is COc1cc(OC)cc(-c2csc(NC(=O)C(=O)O)n2)c1. The van der Waals surface area contributed by atoms with Crippen LogP contribution in [0.25, 0.3) is 11.3 Å². The molecule has 0 radical (unpaired) electrons. The molecule has 0 saturated carbocycles. The van der Waals surface area contributed by atoms with Crippen LogP contribution in [0.15, 0.2) is 23.6 Å². The van der Waals surface area contributed by atoms with Crippen molar-refractivity contribution < 1.29 is 24.2 Å². The molecule has 0 saturated heterocycles. The van der Waals surface area contributed by atoms with Crippen LogP contribution in [0.3, 0.4) is 0 Å². The van der Waals surface area contributed by atoms with Crippen LogP contribution >= 0.6 is 11.3 Å². The Labute approximate surface area is 124 Å². The number of carboxylic acids is 1. The summed E-state index contributed by atoms with van der Waals surface area (Å²) >= 11 is 1.13. The van der Waals surface area contributed by atoms with E-state index in [-0.39, 0.29) is 5.13 Å². The maximum absolute atomic E-state index is 11.1. The zero-order valence-electron chi connectivity index (χ0n) is 11.2. The first-order valence-electron chi connectivity index (χ1n) is 5.76. The molecule has 2 aromatic rings. The molecule has 2 rings (SSSR count). The Bertz CT molecular complexity index is 661. The van der Waals surface area contributed by atoms with Crippen molar-refractivity contribution >= 4 is 28.3 Å². The minimum Gasteiger partial charge on any atom is -0.497 e. The number of hydrogen-bond donors (Lipinski definition) is 2. The number of benzene rings is 1. The Kier molecular flexibility index (Phi) is 4.39. The highest BCUT2D eigenvalue weighted by Crippen LogP contribution is 2.31. The fraction of sp³-hybridized carbons (Fsp3) is 0.154. The number of hydrogen-bond acceptors (Lipinski definition) is 6. The van der Waals surface area contributed by atoms with Crippen LogP contribution in [0.5, 0.6) is 11.5 Å². The molecule has 0 bridgehead atoms. The van der Waals surface area contributed by atoms with Crippen molar-refractivity contribution in [3.63, 3.8) is 0 Å². The number of aromatic nitrogens is 1. The highest BCUT2D eigenvalue weighted by molar-refractivity contribution is 7.14. The van der Waals surface area contributed by atoms with Crippen molar-refractivity contribution in [2.24, 2.45) is 0 Å². The quantitative estimate of drug-likeness (QED) is 0.837. The molecule has 0 aliphatic heterocycles. The van der Waals surface area contributed by atoms with Gasteiger partial charge in [0.2, 0.25) is 0 Å². The molecule has 1 aromatic heterocycles. The molecule has 0 unspecified atom stereocenters. The zero-order chi connectivity index (χ0) is 15.4. The predicted molar refractivity (Wildman–Crippen MR) is 76.9 cm³/mol. The van der Waals surface area contributed by atoms with Crippen LogP contribution < -0.4 is 14.8 Å². The summed E-state index contributed by atoms with van der Waals surface area (Å²) in [7, 11) is 3.08. The van der Waals surface area contributed by atoms with Crippen LogP contribution in [0.1, 0.15) is 0 Å². The van der Waals surface area contributed by atoms with Gasteiger partial charge in [-0.3, -0.25) is 10.1 Å². The first-order valence-corrected chi connectivity index (χ1v) is 6.64. The van der Waals surface area contributed by atoms with Crippen molar-refractivity contribution in [3.8, 4) is 22.8 Å². The molecule has 7 nitrogen and oxygen atoms in total. The second-order valence-corrected chi connectivity index (χ2v) is 4.76. The van der Waals surface area contributed by atoms with Gasteiger partial charge in [-0.25, -0.2) is 9.78 Å². The van der Waals surface area contributed by atoms with E-state index in [1.807, 2.05) is 0 Å². The Morgan fingerprint density at radius 1 is 1.19 bits per heavy atom. The van der Waals surface area contributed by atoms with Gasteiger partial charge < -0.3 is 14.6 Å². The van der Waals surface area contributed by atoms with Gasteiger partial charge in [0.05, 0.1) is 19.9 Å². The molecule has 1 aromatic carbocycles. The summed E-state index contributed by atoms with van der Waals surface area (Å²) in [4.78, 5) is 25.7. The number of carboxylic acid groups (broad SMARTS) is 1. The van der Waals surface area contributed by atoms with Crippen molar-refractivity contribution in [2.45, 2.75) is 0 Å². The van der Waals surface area contributed by atoms with Gasteiger partial charge in [0.1, 0.15) is 11.5 Å². The molecule has 0 aliphatic rings. The van der Waals surface area contributed by atoms with Gasteiger partial charge in [-0.05, 0) is 12.1 Å². The first-order chi connectivity index (χ1) is 10.0. The minimum absolute atomic E-state index is 0.208. The van der Waals surface area contributed by atoms with E-state index >= 15 is 0 Å². The Balaban J connectivity index is 2.28. The highest BCUT2D eigenvalue weighted by Gasteiger charge is 2.14. The molecule has 0 aliphatic carbocycles. The van der Waals surface area contributed by atoms with Gasteiger partial charge in [-0.2, -0.15) is 0 Å². The summed E-state index contributed by atoms with van der Waals surface area (Å²) in [5.41, 5.74) is 1.32. The van der Waals surface area contributed by atoms with E-state index in [0.29, 0.717) is 17.2 Å². The van der Waals surface area contributed by atoms with Gasteiger partial charge in [0.15, 0.2) is 5.13 Å². The Morgan fingerprint density at radius 2 is 1.81 bits per heavy atom. The van der Waals surface area contributed by atoms with Gasteiger partial charge in [0, 0.05) is 17.0 Å². The number of methoxy groups -OCH3 is 2. The summed E-state index contributed by atoms with van der Waals surface area (Å²) in [5, 5.41) is 12.6. The van der Waals surface area contributed by atoms with E-state index in [0.717, 1.165) is 16.9 Å². The van der Waals surface area contributed by atoms with Crippen LogP contribution in [0.4, 0.5) is 5.13 Å². The summed E-state index contributed by atoms with van der Waals surface area (Å²) in [6.07, 6.45) is 0. The molecule has 1 amide bonds. The molecule has 0 fully saturated rings. The van der Waals surface area contributed by atoms with Crippen molar-refractivity contribution in [1.29, 1.82) is 0 Å². The van der Waals surface area contributed by atoms with E-state index in [9.17, 15) is 9.59 Å². The fourth-order valence-electron chi connectivity index (χ4n) is 1.57. The van der Waals surface area contributed by atoms with E-state index in [1.54, 1.807) is 23.6 Å². The van der Waals surface area contributed by atoms with E-state index in [1.165, 1.54) is 14.2 Å². The first kappa shape index (κ1) is 14.8. The van der Waals surface area contributed by atoms with Gasteiger partial charge in [-0.1, -0.05) is 0 Å². The molecule has 110 valence electrons. The average Bonchev–Trinajstić information content (AvgIpc) is 2.95. The molecule has 1 heterocycles. The lowest BCUT2D eigenvalue weighted by Gasteiger charge is -2.06. The van der Waals surface area contributed by atoms with E-state index in [4.69, 9.17) is 14.6 Å². The van der Waals surface area contributed by atoms with Crippen molar-refractivity contribution in [1.82, 2.24) is 4.98 Å². The topological polar surface area (TPSA) is 97.8 Å². The lowest BCUT2D eigenvalue weighted by molar-refractivity contribution is -0.147. The molecule has 21 heavy (non-hydrogen) atoms. The van der Waals surface area contributed by atoms with Crippen LogP contribution in [-0.4, -0.2) is 36.2 Å². The second-order valence-electron chi connectivity index (χ2n) is 3.90. The van der Waals surface area contributed by atoms with Gasteiger partial charge in [0.25, 0.3) is 0 Å². The molecular formula is C13H12N2O5S. The Hall–Kier alpha value is -2.61. The Morgan fingerprint density at radius 3 is 2.33 bits per heavy atom. The van der Waals surface area contributed by atoms with E-state index < -0.39 is 11.9 Å². The lowest BCUT2D eigenvalue weighted by Crippen LogP contribution is -2.21. The largest absolute Gasteiger partial charge is 0.497 e. The number of rotatable bonds is 4. The van der Waals surface area contributed by atoms with Crippen molar-refractivity contribution in [3.05, 3.63) is 23.6 Å². The smallest absolute Gasteiger partial charge is 0.394 e. The fourth-order valence-corrected chi connectivity index (χ4v) is 2.28. The third-order valence-electron chi connectivity index (χ3n) is 2.57. The monoisotopic (exact) mass is 308 g/mol. The summed E-state index contributed by atoms with van der Waals surface area (Å²) in [6.45, 7) is 0. The molecule has 2 N–H and O–H groups in total. The molecular weight excluding hydrogens is 296 g/mol. The number of carbonyl (C=O) groups excluding carboxylic acids is 1. The maximum atomic E-state index is 11.1. The van der Waals surface area contributed by atoms with Crippen molar-refractivity contribution in [2.75, 3.05) is 19.5 Å². The number of thiazole rings is 1. The summed E-state index contributed by atoms with van der Waals surface area (Å²) < 4.78 is 10.3. The normalized spacial score (nSPS) is 10.0. The average molecular weight is 308 g/mol. The number of ether oxygens (including phenoxy) is 2. The van der Waals surface area contributed by atoms with Crippen LogP contribution in [-0.2, 0) is 9.59 Å². The number of anilines is 1. The minimum atomic E-state index is -1.56. The summed E-state index contributed by atoms with van der Waals surface area (Å²) in [6, 6.07) is 5.25. The van der Waals surface area contributed by atoms with Crippen LogP contribution in [0, 0.1) is 0 Å². The van der Waals surface area contributed by atoms with Gasteiger partial charge in [-0.15, -0.1) is 11.3 Å². The summed E-state index contributed by atoms with van der Waals surface area (Å²) in [5.74, 6) is -1.48. The number of aliphatic carboxylic acids is 1. The number of nitrogens with one attached hydrogen (secondary N) is 1. The lowest BCUT2D eigenvalue weighted by atomic mass is 10.1. The predicted octanol–water partition coefficient (Wildman–Crippen LogP) is 1.85. The number of nitrogens with zero attached hydrogens (tertiary/aromatic N) is 1. The van der Waals surface area contributed by atoms with E-state index in [2.05, 4.69) is 10.3 Å². The molecule has 8 heteroatoms. The number of amides is 1. The standard InChI is InChI=1S/C13H12N2O5S/c1-19-8-3-7(4-9(5-8)20-2)10-6-21-13(14-10)15-11(16)12(17)18/h3-6H,1-2H3,(H,17,18)(H,14,15,16). The van der Waals surface area contributed by atoms with Crippen LogP contribution in [0.2, 0.25) is 0 Å². The molecule has 0 spiro atoms. The third-order valence-corrected chi connectivity index (χ3v) is 3.32.